The van der Waals surface area contributed by atoms with Gasteiger partial charge in [0.1, 0.15) is 12.4 Å². The van der Waals surface area contributed by atoms with Gasteiger partial charge < -0.3 is 10.5 Å². The Morgan fingerprint density at radius 3 is 2.43 bits per heavy atom. The molecule has 0 aliphatic carbocycles. The van der Waals surface area contributed by atoms with Crippen molar-refractivity contribution in [3.8, 4) is 5.75 Å². The van der Waals surface area contributed by atoms with Crippen molar-refractivity contribution in [2.24, 2.45) is 0 Å². The zero-order valence-corrected chi connectivity index (χ0v) is 15.6. The van der Waals surface area contributed by atoms with E-state index in [0.717, 1.165) is 29.5 Å². The third-order valence-corrected chi connectivity index (χ3v) is 5.54. The minimum Gasteiger partial charge on any atom is -0.486 e. The van der Waals surface area contributed by atoms with Crippen LogP contribution in [-0.2, 0) is 22.8 Å². The van der Waals surface area contributed by atoms with Crippen molar-refractivity contribution in [3.63, 3.8) is 0 Å². The van der Waals surface area contributed by atoms with Gasteiger partial charge in [0.2, 0.25) is 5.13 Å². The predicted molar refractivity (Wildman–Crippen MR) is 97.3 cm³/mol. The number of hydrogen-bond acceptors (Lipinski definition) is 7. The standard InChI is InChI=1S/C16H13F3N4O3S2/c17-16(18,19)10-2-1-3-11(8-10)23-28(24,25)13-6-4-12(5-7-13)26-9-14-21-22-15(20)27-14/h1-8,23H,9H2,(H2,20,22). The molecule has 0 saturated heterocycles. The number of benzene rings is 2. The summed E-state index contributed by atoms with van der Waals surface area (Å²) in [6.45, 7) is 0.115. The van der Waals surface area contributed by atoms with E-state index in [-0.39, 0.29) is 17.2 Å². The maximum absolute atomic E-state index is 12.8. The molecule has 28 heavy (non-hydrogen) atoms. The van der Waals surface area contributed by atoms with Crippen LogP contribution in [0, 0.1) is 0 Å². The Morgan fingerprint density at radius 1 is 1.11 bits per heavy atom. The van der Waals surface area contributed by atoms with Gasteiger partial charge >= 0.3 is 6.18 Å². The maximum atomic E-state index is 12.8. The highest BCUT2D eigenvalue weighted by molar-refractivity contribution is 7.92. The molecule has 1 heterocycles. The van der Waals surface area contributed by atoms with E-state index in [0.29, 0.717) is 15.9 Å². The average molecular weight is 430 g/mol. The summed E-state index contributed by atoms with van der Waals surface area (Å²) in [6.07, 6.45) is -4.57. The molecular weight excluding hydrogens is 417 g/mol. The molecule has 0 fully saturated rings. The van der Waals surface area contributed by atoms with E-state index in [2.05, 4.69) is 14.9 Å². The molecule has 0 spiro atoms. The van der Waals surface area contributed by atoms with Gasteiger partial charge in [-0.3, -0.25) is 4.72 Å². The first-order valence-electron chi connectivity index (χ1n) is 7.64. The number of nitrogens with two attached hydrogens (primary N) is 1. The normalized spacial score (nSPS) is 12.0. The van der Waals surface area contributed by atoms with Crippen molar-refractivity contribution in [1.82, 2.24) is 10.2 Å². The van der Waals surface area contributed by atoms with Crippen molar-refractivity contribution < 1.29 is 26.3 Å². The summed E-state index contributed by atoms with van der Waals surface area (Å²) >= 11 is 1.16. The molecule has 2 aromatic carbocycles. The van der Waals surface area contributed by atoms with Crippen molar-refractivity contribution in [2.45, 2.75) is 17.7 Å². The van der Waals surface area contributed by atoms with Crippen molar-refractivity contribution in [2.75, 3.05) is 10.5 Å². The SMILES string of the molecule is Nc1nnc(COc2ccc(S(=O)(=O)Nc3cccc(C(F)(F)F)c3)cc2)s1. The molecule has 3 rings (SSSR count). The van der Waals surface area contributed by atoms with E-state index < -0.39 is 21.8 Å². The number of halogens is 3. The minimum atomic E-state index is -4.57. The lowest BCUT2D eigenvalue weighted by Crippen LogP contribution is -2.14. The van der Waals surface area contributed by atoms with Gasteiger partial charge in [-0.05, 0) is 42.5 Å². The number of nitrogens with one attached hydrogen (secondary N) is 1. The van der Waals surface area contributed by atoms with E-state index in [9.17, 15) is 21.6 Å². The zero-order valence-electron chi connectivity index (χ0n) is 14.0. The second-order valence-electron chi connectivity index (χ2n) is 5.48. The topological polar surface area (TPSA) is 107 Å². The molecule has 0 aliphatic rings. The van der Waals surface area contributed by atoms with Crippen LogP contribution in [0.2, 0.25) is 0 Å². The lowest BCUT2D eigenvalue weighted by molar-refractivity contribution is -0.137. The third kappa shape index (κ3) is 4.89. The fourth-order valence-electron chi connectivity index (χ4n) is 2.16. The molecule has 12 heteroatoms. The number of ether oxygens (including phenoxy) is 1. The summed E-state index contributed by atoms with van der Waals surface area (Å²) in [6, 6.07) is 9.34. The highest BCUT2D eigenvalue weighted by Crippen LogP contribution is 2.31. The number of anilines is 2. The average Bonchev–Trinajstić information content (AvgIpc) is 3.05. The molecule has 0 aliphatic heterocycles. The molecule has 0 bridgehead atoms. The second kappa shape index (κ2) is 7.64. The van der Waals surface area contributed by atoms with Gasteiger partial charge in [-0.15, -0.1) is 10.2 Å². The van der Waals surface area contributed by atoms with Crippen LogP contribution in [-0.4, -0.2) is 18.6 Å². The van der Waals surface area contributed by atoms with Gasteiger partial charge in [0.25, 0.3) is 10.0 Å². The smallest absolute Gasteiger partial charge is 0.416 e. The quantitative estimate of drug-likeness (QED) is 0.620. The number of nitrogens with zero attached hydrogens (tertiary/aromatic N) is 2. The highest BCUT2D eigenvalue weighted by atomic mass is 32.2. The number of nitrogen functional groups attached to an aromatic ring is 1. The minimum absolute atomic E-state index is 0.115. The van der Waals surface area contributed by atoms with Crippen LogP contribution in [0.5, 0.6) is 5.75 Å². The Hall–Kier alpha value is -2.86. The number of alkyl halides is 3. The van der Waals surface area contributed by atoms with Gasteiger partial charge in [0, 0.05) is 5.69 Å². The van der Waals surface area contributed by atoms with Gasteiger partial charge in [-0.2, -0.15) is 13.2 Å². The van der Waals surface area contributed by atoms with Gasteiger partial charge in [0.05, 0.1) is 10.5 Å². The summed E-state index contributed by atoms with van der Waals surface area (Å²) in [4.78, 5) is -0.127. The number of sulfonamides is 1. The Labute approximate surface area is 162 Å². The highest BCUT2D eigenvalue weighted by Gasteiger charge is 2.30. The van der Waals surface area contributed by atoms with E-state index in [1.807, 2.05) is 0 Å². The lowest BCUT2D eigenvalue weighted by atomic mass is 10.2. The summed E-state index contributed by atoms with van der Waals surface area (Å²) in [5.74, 6) is 0.381. The first-order chi connectivity index (χ1) is 13.1. The molecule has 0 amide bonds. The van der Waals surface area contributed by atoms with Crippen molar-refractivity contribution in [1.29, 1.82) is 0 Å². The van der Waals surface area contributed by atoms with E-state index in [1.54, 1.807) is 0 Å². The van der Waals surface area contributed by atoms with E-state index in [1.165, 1.54) is 30.3 Å². The van der Waals surface area contributed by atoms with Crippen LogP contribution >= 0.6 is 11.3 Å². The molecule has 0 radical (unpaired) electrons. The van der Waals surface area contributed by atoms with Gasteiger partial charge in [0.15, 0.2) is 5.01 Å². The Morgan fingerprint density at radius 2 is 1.82 bits per heavy atom. The molecule has 0 unspecified atom stereocenters. The summed E-state index contributed by atoms with van der Waals surface area (Å²) in [5, 5.41) is 8.30. The fraction of sp³-hybridized carbons (Fsp3) is 0.125. The fourth-order valence-corrected chi connectivity index (χ4v) is 3.73. The zero-order chi connectivity index (χ0) is 20.4. The van der Waals surface area contributed by atoms with Gasteiger partial charge in [-0.25, -0.2) is 8.42 Å². The molecule has 0 atom stereocenters. The van der Waals surface area contributed by atoms with E-state index in [4.69, 9.17) is 10.5 Å². The van der Waals surface area contributed by atoms with Crippen molar-refractivity contribution >= 4 is 32.2 Å². The molecule has 1 aromatic heterocycles. The molecular formula is C16H13F3N4O3S2. The number of rotatable bonds is 6. The molecule has 148 valence electrons. The molecule has 3 N–H and O–H groups in total. The lowest BCUT2D eigenvalue weighted by Gasteiger charge is -2.11. The molecule has 0 saturated carbocycles. The van der Waals surface area contributed by atoms with Crippen LogP contribution in [0.1, 0.15) is 10.6 Å². The predicted octanol–water partition coefficient (Wildman–Crippen LogP) is 3.52. The van der Waals surface area contributed by atoms with Crippen LogP contribution < -0.4 is 15.2 Å². The maximum Gasteiger partial charge on any atom is 0.416 e. The number of hydrogen-bond donors (Lipinski definition) is 2. The van der Waals surface area contributed by atoms with Crippen molar-refractivity contribution in [3.05, 3.63) is 59.1 Å². The Bertz CT molecular complexity index is 1070. The first-order valence-corrected chi connectivity index (χ1v) is 9.94. The summed E-state index contributed by atoms with van der Waals surface area (Å²) < 4.78 is 70.6. The van der Waals surface area contributed by atoms with Crippen LogP contribution in [0.15, 0.2) is 53.4 Å². The van der Waals surface area contributed by atoms with E-state index >= 15 is 0 Å². The monoisotopic (exact) mass is 430 g/mol. The summed E-state index contributed by atoms with van der Waals surface area (Å²) in [7, 11) is -4.07. The number of aromatic nitrogens is 2. The summed E-state index contributed by atoms with van der Waals surface area (Å²) in [5.41, 5.74) is 4.32. The van der Waals surface area contributed by atoms with Crippen LogP contribution in [0.25, 0.3) is 0 Å². The van der Waals surface area contributed by atoms with Crippen LogP contribution in [0.4, 0.5) is 24.0 Å². The third-order valence-electron chi connectivity index (χ3n) is 3.42. The second-order valence-corrected chi connectivity index (χ2v) is 8.25. The largest absolute Gasteiger partial charge is 0.486 e. The Kier molecular flexibility index (Phi) is 5.42. The van der Waals surface area contributed by atoms with Gasteiger partial charge in [-0.1, -0.05) is 17.4 Å². The molecule has 7 nitrogen and oxygen atoms in total. The Balaban J connectivity index is 1.70. The molecule has 3 aromatic rings. The first kappa shape index (κ1) is 19.9. The van der Waals surface area contributed by atoms with Crippen LogP contribution in [0.3, 0.4) is 0 Å².